The van der Waals surface area contributed by atoms with Crippen molar-refractivity contribution in [1.82, 2.24) is 14.8 Å². The molecule has 0 radical (unpaired) electrons. The zero-order valence-electron chi connectivity index (χ0n) is 9.59. The summed E-state index contributed by atoms with van der Waals surface area (Å²) in [5, 5.41) is 25.6. The summed E-state index contributed by atoms with van der Waals surface area (Å²) in [6, 6.07) is 2.25. The number of methoxy groups -OCH3 is 1. The largest absolute Gasteiger partial charge is 0.485 e. The maximum atomic E-state index is 10.9. The van der Waals surface area contributed by atoms with Gasteiger partial charge >= 0.3 is 11.4 Å². The van der Waals surface area contributed by atoms with Crippen molar-refractivity contribution in [1.29, 1.82) is 0 Å². The molecular formula is C9H7N5O5. The molecule has 98 valence electrons. The fourth-order valence-electron chi connectivity index (χ4n) is 1.54. The van der Waals surface area contributed by atoms with Crippen LogP contribution in [-0.2, 0) is 0 Å². The molecule has 10 nitrogen and oxygen atoms in total. The molecule has 1 heterocycles. The maximum absolute atomic E-state index is 10.9. The monoisotopic (exact) mass is 265 g/mol. The van der Waals surface area contributed by atoms with Gasteiger partial charge in [0.1, 0.15) is 12.7 Å². The second-order valence-corrected chi connectivity index (χ2v) is 3.37. The smallest absolute Gasteiger partial charge is 0.320 e. The molecule has 0 amide bonds. The summed E-state index contributed by atoms with van der Waals surface area (Å²) >= 11 is 0. The van der Waals surface area contributed by atoms with Crippen molar-refractivity contribution in [2.24, 2.45) is 0 Å². The van der Waals surface area contributed by atoms with Crippen LogP contribution in [0.25, 0.3) is 5.69 Å². The van der Waals surface area contributed by atoms with E-state index in [1.807, 2.05) is 0 Å². The van der Waals surface area contributed by atoms with E-state index in [1.54, 1.807) is 0 Å². The van der Waals surface area contributed by atoms with Crippen LogP contribution in [0.2, 0.25) is 0 Å². The topological polar surface area (TPSA) is 126 Å². The van der Waals surface area contributed by atoms with E-state index in [2.05, 4.69) is 10.1 Å². The SMILES string of the molecule is COc1c([N+](=O)[O-])cc(-n2cncn2)cc1[N+](=O)[O-]. The standard InChI is InChI=1S/C9H7N5O5/c1-19-9-7(13(15)16)2-6(3-8(9)14(17)18)12-5-10-4-11-12/h2-5H,1H3. The fourth-order valence-corrected chi connectivity index (χ4v) is 1.54. The molecule has 0 aliphatic carbocycles. The van der Waals surface area contributed by atoms with Crippen molar-refractivity contribution >= 4 is 11.4 Å². The Morgan fingerprint density at radius 3 is 2.16 bits per heavy atom. The third-order valence-corrected chi connectivity index (χ3v) is 2.32. The van der Waals surface area contributed by atoms with Crippen molar-refractivity contribution in [2.75, 3.05) is 7.11 Å². The molecule has 2 rings (SSSR count). The number of rotatable bonds is 4. The molecule has 0 N–H and O–H groups in total. The lowest BCUT2D eigenvalue weighted by atomic mass is 10.2. The minimum absolute atomic E-state index is 0.150. The molecule has 0 spiro atoms. The van der Waals surface area contributed by atoms with Crippen molar-refractivity contribution in [3.05, 3.63) is 45.0 Å². The summed E-state index contributed by atoms with van der Waals surface area (Å²) in [5.41, 5.74) is -0.874. The number of hydrogen-bond acceptors (Lipinski definition) is 7. The van der Waals surface area contributed by atoms with Gasteiger partial charge in [0.05, 0.1) is 22.6 Å². The van der Waals surface area contributed by atoms with E-state index >= 15 is 0 Å². The van der Waals surface area contributed by atoms with Gasteiger partial charge in [0, 0.05) is 12.1 Å². The molecule has 0 saturated carbocycles. The number of hydrogen-bond donors (Lipinski definition) is 0. The number of nitrogens with zero attached hydrogens (tertiary/aromatic N) is 5. The number of nitro benzene ring substituents is 2. The van der Waals surface area contributed by atoms with Crippen molar-refractivity contribution in [3.8, 4) is 11.4 Å². The molecule has 0 aliphatic heterocycles. The first kappa shape index (κ1) is 12.4. The molecule has 0 unspecified atom stereocenters. The van der Waals surface area contributed by atoms with Gasteiger partial charge in [0.2, 0.25) is 0 Å². The van der Waals surface area contributed by atoms with E-state index in [0.29, 0.717) is 0 Å². The minimum atomic E-state index is -0.758. The van der Waals surface area contributed by atoms with Crippen molar-refractivity contribution in [3.63, 3.8) is 0 Å². The molecule has 0 atom stereocenters. The van der Waals surface area contributed by atoms with E-state index in [0.717, 1.165) is 19.2 Å². The Hall–Kier alpha value is -3.04. The van der Waals surface area contributed by atoms with Crippen LogP contribution in [0.3, 0.4) is 0 Å². The average molecular weight is 265 g/mol. The third kappa shape index (κ3) is 2.18. The van der Waals surface area contributed by atoms with E-state index in [1.165, 1.54) is 17.3 Å². The van der Waals surface area contributed by atoms with Crippen molar-refractivity contribution < 1.29 is 14.6 Å². The van der Waals surface area contributed by atoms with Crippen LogP contribution >= 0.6 is 0 Å². The summed E-state index contributed by atoms with van der Waals surface area (Å²) in [6.07, 6.45) is 2.48. The fraction of sp³-hybridized carbons (Fsp3) is 0.111. The number of nitro groups is 2. The Labute approximate surface area is 105 Å². The Balaban J connectivity index is 2.72. The molecule has 1 aromatic heterocycles. The van der Waals surface area contributed by atoms with Crippen LogP contribution in [0, 0.1) is 20.2 Å². The normalized spacial score (nSPS) is 10.2. The Morgan fingerprint density at radius 1 is 1.21 bits per heavy atom. The Morgan fingerprint density at radius 2 is 1.79 bits per heavy atom. The van der Waals surface area contributed by atoms with E-state index in [-0.39, 0.29) is 5.69 Å². The lowest BCUT2D eigenvalue weighted by molar-refractivity contribution is -0.395. The molecule has 0 saturated heterocycles. The summed E-state index contributed by atoms with van der Waals surface area (Å²) in [7, 11) is 1.13. The maximum Gasteiger partial charge on any atom is 0.320 e. The molecule has 2 aromatic rings. The zero-order chi connectivity index (χ0) is 14.0. The molecule has 1 aromatic carbocycles. The van der Waals surface area contributed by atoms with Gasteiger partial charge in [0.25, 0.3) is 5.75 Å². The molecule has 0 fully saturated rings. The predicted molar refractivity (Wildman–Crippen MR) is 61.2 cm³/mol. The van der Waals surface area contributed by atoms with Gasteiger partial charge in [-0.3, -0.25) is 20.2 Å². The number of aromatic nitrogens is 3. The first-order valence-corrected chi connectivity index (χ1v) is 4.90. The summed E-state index contributed by atoms with van der Waals surface area (Å²) in [5.74, 6) is -0.404. The summed E-state index contributed by atoms with van der Waals surface area (Å²) in [4.78, 5) is 24.0. The summed E-state index contributed by atoms with van der Waals surface area (Å²) in [6.45, 7) is 0. The highest BCUT2D eigenvalue weighted by Crippen LogP contribution is 2.38. The first-order chi connectivity index (χ1) is 9.04. The Bertz CT molecular complexity index is 603. The molecule has 10 heteroatoms. The molecular weight excluding hydrogens is 258 g/mol. The van der Waals surface area contributed by atoms with Crippen LogP contribution in [0.4, 0.5) is 11.4 Å². The van der Waals surface area contributed by atoms with Gasteiger partial charge < -0.3 is 4.74 Å². The number of benzene rings is 1. The minimum Gasteiger partial charge on any atom is -0.485 e. The van der Waals surface area contributed by atoms with Gasteiger partial charge in [-0.2, -0.15) is 5.10 Å². The van der Waals surface area contributed by atoms with Gasteiger partial charge in [-0.15, -0.1) is 0 Å². The highest BCUT2D eigenvalue weighted by molar-refractivity contribution is 5.65. The van der Waals surface area contributed by atoms with Crippen LogP contribution in [-0.4, -0.2) is 31.7 Å². The van der Waals surface area contributed by atoms with Gasteiger partial charge in [0.15, 0.2) is 0 Å². The van der Waals surface area contributed by atoms with Crippen LogP contribution in [0.1, 0.15) is 0 Å². The zero-order valence-corrected chi connectivity index (χ0v) is 9.59. The highest BCUT2D eigenvalue weighted by atomic mass is 16.6. The Kier molecular flexibility index (Phi) is 3.06. The van der Waals surface area contributed by atoms with E-state index in [4.69, 9.17) is 4.74 Å². The second-order valence-electron chi connectivity index (χ2n) is 3.37. The van der Waals surface area contributed by atoms with Gasteiger partial charge in [-0.25, -0.2) is 9.67 Å². The lowest BCUT2D eigenvalue weighted by Crippen LogP contribution is -2.03. The lowest BCUT2D eigenvalue weighted by Gasteiger charge is -2.05. The van der Waals surface area contributed by atoms with Crippen LogP contribution in [0.15, 0.2) is 24.8 Å². The molecule has 0 bridgehead atoms. The van der Waals surface area contributed by atoms with Crippen molar-refractivity contribution in [2.45, 2.75) is 0 Å². The second kappa shape index (κ2) is 4.68. The van der Waals surface area contributed by atoms with Gasteiger partial charge in [-0.05, 0) is 0 Å². The van der Waals surface area contributed by atoms with Crippen LogP contribution in [0.5, 0.6) is 5.75 Å². The van der Waals surface area contributed by atoms with Gasteiger partial charge in [-0.1, -0.05) is 0 Å². The average Bonchev–Trinajstić information content (AvgIpc) is 2.90. The molecule has 19 heavy (non-hydrogen) atoms. The first-order valence-electron chi connectivity index (χ1n) is 4.90. The third-order valence-electron chi connectivity index (χ3n) is 2.32. The highest BCUT2D eigenvalue weighted by Gasteiger charge is 2.28. The number of ether oxygens (including phenoxy) is 1. The van der Waals surface area contributed by atoms with E-state index in [9.17, 15) is 20.2 Å². The van der Waals surface area contributed by atoms with Crippen LogP contribution < -0.4 is 4.74 Å². The quantitative estimate of drug-likeness (QED) is 0.598. The summed E-state index contributed by atoms with van der Waals surface area (Å²) < 4.78 is 5.92. The molecule has 0 aliphatic rings. The van der Waals surface area contributed by atoms with E-state index < -0.39 is 27.0 Å². The predicted octanol–water partition coefficient (Wildman–Crippen LogP) is 1.09.